The molecule has 0 aromatic carbocycles. The van der Waals surface area contributed by atoms with Crippen LogP contribution in [0.1, 0.15) is 45.6 Å². The number of nitrogen functional groups attached to an aromatic ring is 1. The lowest BCUT2D eigenvalue weighted by Gasteiger charge is -2.30. The number of anilines is 4. The van der Waals surface area contributed by atoms with Crippen molar-refractivity contribution in [2.45, 2.75) is 119 Å². The van der Waals surface area contributed by atoms with Crippen molar-refractivity contribution in [3.05, 3.63) is 70.5 Å². The number of hydrogen-bond donors (Lipinski definition) is 8. The number of nitriles is 1. The van der Waals surface area contributed by atoms with Gasteiger partial charge in [0.25, 0.3) is 11.1 Å². The molecular formula is C47H56F4N17O17P4S3+. The lowest BCUT2D eigenvalue weighted by Crippen LogP contribution is -2.34. The standard InChI is InChI=1S/C27H33F2N9O9P2S2.C20H22F2N8O8P2S/c1-13(2)24(39)36-27-35-23-20(25(40)37-27)33-12-38(23)26-22-19(29)16(45-26)10-43-48(41,50)46-21-14(9-44-49(51,47-22)42-7-3-5-30)8-15(18(21)28)34-17-4-6-31-11-32-17;21-12-9(27-11-1-2-24-6-25-11)3-8-4-35-40(33,41)38-16-13(22)10(5-34-39(32)37-15(8)12)36-19(16)30-7-26-14-17(30)28-20(23)29-18(14)31/h4,6,11-16,18-19,21-22,26H,3,7-10H2,1-2H3,(H,41,50)(H,31,32,34)(H2,35,36,37,39,40);1-2,6-10,12-13,15-16,19H,3-5H2,(H4-,23,24,25,27,28,29,31,33,41)/p+1/t14-,15-,16-,18+,19-,21-,22-,26-,48?,49?;8-,9-,10-,12+,13-,15-,16-,19-,40?/m11/s1. The Kier molecular flexibility index (Phi) is 20.9. The van der Waals surface area contributed by atoms with Crippen molar-refractivity contribution in [3.8, 4) is 6.07 Å². The summed E-state index contributed by atoms with van der Waals surface area (Å²) in [5.41, 5.74) is 3.85. The predicted molar refractivity (Wildman–Crippen MR) is 321 cm³/mol. The van der Waals surface area contributed by atoms with Gasteiger partial charge in [0.05, 0.1) is 63.7 Å². The Morgan fingerprint density at radius 1 is 0.815 bits per heavy atom. The largest absolute Gasteiger partial charge is 0.697 e. The number of amides is 1. The lowest BCUT2D eigenvalue weighted by molar-refractivity contribution is -0.118. The second-order valence-corrected chi connectivity index (χ2v) is 31.1. The van der Waals surface area contributed by atoms with Gasteiger partial charge in [-0.15, -0.1) is 9.05 Å². The molecular weight excluding hydrogens is 1370 g/mol. The SMILES string of the molecule is CC(C)C(=O)Nc1nc2c(ncn2[C@@H]2O[C@@H]3COP(O)(=S)O[C@@H]4[C@@H](COP(=S)(OCCC#N)O[C@@H]2[C@@H]3F)C[C@@H](Nc2ccncn2)[C@@H]4F)c(=O)[nH]1.Nc1nc2c(ncn2[C@@H]2O[C@@H]3CO[P+](=O)O[C@@H]4[C@@H](COP(=O)(S)O[C@@H]2[C@@H]3F)C[C@@H](Nc2ccncn2)[C@@H]4F)c(=O)[nH]1. The third-order valence-electron chi connectivity index (χ3n) is 15.1. The zero-order valence-electron chi connectivity index (χ0n) is 47.6. The van der Waals surface area contributed by atoms with Crippen LogP contribution in [0.15, 0.2) is 59.4 Å². The summed E-state index contributed by atoms with van der Waals surface area (Å²) in [6.45, 7) is -11.5. The molecule has 2 aliphatic carbocycles. The van der Waals surface area contributed by atoms with E-state index in [9.17, 15) is 28.4 Å². The van der Waals surface area contributed by atoms with Crippen LogP contribution < -0.4 is 32.8 Å². The molecule has 1 amide bonds. The summed E-state index contributed by atoms with van der Waals surface area (Å²) in [4.78, 5) is 85.4. The number of carbonyl (C=O) groups is 1. The number of thiol groups is 1. The van der Waals surface area contributed by atoms with Crippen molar-refractivity contribution >= 4 is 116 Å². The number of nitrogens with two attached hydrogens (primary N) is 1. The van der Waals surface area contributed by atoms with Crippen LogP contribution in [0.2, 0.25) is 0 Å². The van der Waals surface area contributed by atoms with E-state index in [1.807, 2.05) is 6.07 Å². The third kappa shape index (κ3) is 15.2. The average Bonchev–Trinajstić information content (AvgIpc) is 1.61. The molecule has 4 unspecified atom stereocenters. The summed E-state index contributed by atoms with van der Waals surface area (Å²) in [5, 5.41) is 17.6. The second-order valence-electron chi connectivity index (χ2n) is 21.6. The van der Waals surface area contributed by atoms with Crippen LogP contribution in [0.25, 0.3) is 22.3 Å². The van der Waals surface area contributed by atoms with Crippen molar-refractivity contribution < 1.29 is 86.6 Å². The molecule has 6 aliphatic rings. The van der Waals surface area contributed by atoms with E-state index in [2.05, 4.69) is 78.0 Å². The third-order valence-corrected chi connectivity index (χ3v) is 21.4. The zero-order chi connectivity index (χ0) is 65.4. The van der Waals surface area contributed by atoms with Gasteiger partial charge in [-0.3, -0.25) is 47.9 Å². The predicted octanol–water partition coefficient (Wildman–Crippen LogP) is 4.85. The number of carbonyl (C=O) groups excluding carboxylic acids is 1. The Labute approximate surface area is 532 Å². The molecule has 10 heterocycles. The minimum absolute atomic E-state index is 0.0610. The van der Waals surface area contributed by atoms with Crippen LogP contribution in [0.5, 0.6) is 0 Å². The number of ether oxygens (including phenoxy) is 2. The first-order valence-corrected chi connectivity index (χ1v) is 36.8. The first kappa shape index (κ1) is 67.8. The van der Waals surface area contributed by atoms with E-state index in [0.29, 0.717) is 11.6 Å². The molecule has 20 atom stereocenters. The van der Waals surface area contributed by atoms with Gasteiger partial charge >= 0.3 is 28.5 Å². The number of fused-ring (bicyclic) bond motifs is 8. The van der Waals surface area contributed by atoms with Gasteiger partial charge in [0.1, 0.15) is 67.6 Å². The van der Waals surface area contributed by atoms with E-state index in [1.54, 1.807) is 26.0 Å². The molecule has 8 N–H and O–H groups in total. The molecule has 34 nitrogen and oxygen atoms in total. The number of rotatable bonds is 11. The van der Waals surface area contributed by atoms with Gasteiger partial charge in [0.2, 0.25) is 17.8 Å². The quantitative estimate of drug-likeness (QED) is 0.0372. The van der Waals surface area contributed by atoms with Gasteiger partial charge in [-0.2, -0.15) is 15.2 Å². The minimum atomic E-state index is -4.33. The molecule has 45 heteroatoms. The highest BCUT2D eigenvalue weighted by atomic mass is 32.7. The molecule has 6 fully saturated rings. The number of hydrogen-bond acceptors (Lipinski definition) is 30. The number of H-pyrrole nitrogens is 2. The minimum Gasteiger partial charge on any atom is -0.369 e. The smallest absolute Gasteiger partial charge is 0.369 e. The van der Waals surface area contributed by atoms with Crippen molar-refractivity contribution in [1.82, 2.24) is 59.0 Å². The van der Waals surface area contributed by atoms with Crippen LogP contribution >= 0.6 is 40.7 Å². The van der Waals surface area contributed by atoms with E-state index < -0.39 is 169 Å². The molecule has 0 radical (unpaired) electrons. The van der Waals surface area contributed by atoms with E-state index in [0.717, 1.165) is 12.7 Å². The summed E-state index contributed by atoms with van der Waals surface area (Å²) in [6.07, 6.45) is -11.3. The Morgan fingerprint density at radius 3 is 1.98 bits per heavy atom. The van der Waals surface area contributed by atoms with E-state index in [1.165, 1.54) is 34.2 Å². The van der Waals surface area contributed by atoms with E-state index >= 15 is 17.6 Å². The molecule has 4 bridgehead atoms. The molecule has 4 saturated heterocycles. The number of aromatic nitrogens is 12. The molecule has 6 aromatic heterocycles. The topological polar surface area (TPSA) is 438 Å². The zero-order valence-corrected chi connectivity index (χ0v) is 53.7. The first-order valence-electron chi connectivity index (χ1n) is 27.8. The molecule has 4 aliphatic heterocycles. The van der Waals surface area contributed by atoms with Crippen molar-refractivity contribution in [2.24, 2.45) is 17.8 Å². The normalized spacial score (nSPS) is 35.5. The Balaban J connectivity index is 0.000000193. The molecule has 6 aromatic rings. The number of halogens is 4. The highest BCUT2D eigenvalue weighted by molar-refractivity contribution is 8.44. The second kappa shape index (κ2) is 28.4. The number of imidazole rings is 2. The lowest BCUT2D eigenvalue weighted by atomic mass is 10.1. The monoisotopic (exact) mass is 1430 g/mol. The van der Waals surface area contributed by atoms with Gasteiger partial charge in [-0.25, -0.2) is 52.0 Å². The van der Waals surface area contributed by atoms with Crippen LogP contribution in [0, 0.1) is 29.1 Å². The van der Waals surface area contributed by atoms with E-state index in [-0.39, 0.29) is 66.7 Å². The maximum Gasteiger partial charge on any atom is 0.697 e. The number of nitrogens with one attached hydrogen (secondary N) is 5. The first-order chi connectivity index (χ1) is 43.9. The molecule has 496 valence electrons. The van der Waals surface area contributed by atoms with Gasteiger partial charge in [-0.05, 0) is 48.6 Å². The summed E-state index contributed by atoms with van der Waals surface area (Å²) in [7, 11) is -2.95. The van der Waals surface area contributed by atoms with Gasteiger partial charge in [0, 0.05) is 34.7 Å². The number of alkyl halides is 4. The maximum absolute atomic E-state index is 16.4. The van der Waals surface area contributed by atoms with Gasteiger partial charge in [0.15, 0.2) is 59.4 Å². The maximum atomic E-state index is 16.4. The van der Waals surface area contributed by atoms with Crippen molar-refractivity contribution in [2.75, 3.05) is 54.7 Å². The fraction of sp³-hybridized carbons (Fsp3) is 0.574. The van der Waals surface area contributed by atoms with Crippen LogP contribution in [-0.2, 0) is 87.7 Å². The molecule has 2 saturated carbocycles. The Bertz CT molecular complexity index is 3990. The molecule has 12 rings (SSSR count). The molecule has 92 heavy (non-hydrogen) atoms. The molecule has 0 spiro atoms. The van der Waals surface area contributed by atoms with Crippen LogP contribution in [-0.4, -0.2) is 176 Å². The van der Waals surface area contributed by atoms with Crippen LogP contribution in [0.4, 0.5) is 41.1 Å². The number of nitrogens with zero attached hydrogens (tertiary/aromatic N) is 11. The fourth-order valence-corrected chi connectivity index (χ4v) is 16.6. The Hall–Kier alpha value is -5.56. The van der Waals surface area contributed by atoms with Crippen molar-refractivity contribution in [3.63, 3.8) is 0 Å². The Morgan fingerprint density at radius 2 is 1.38 bits per heavy atom. The van der Waals surface area contributed by atoms with Gasteiger partial charge < -0.3 is 53.4 Å². The highest BCUT2D eigenvalue weighted by Gasteiger charge is 2.56. The van der Waals surface area contributed by atoms with Gasteiger partial charge in [-0.1, -0.05) is 26.1 Å². The number of aromatic amines is 2. The van der Waals surface area contributed by atoms with Crippen molar-refractivity contribution in [1.29, 1.82) is 5.26 Å². The highest BCUT2D eigenvalue weighted by Crippen LogP contribution is 2.60. The van der Waals surface area contributed by atoms with E-state index in [4.69, 9.17) is 84.8 Å². The van der Waals surface area contributed by atoms with Crippen LogP contribution in [0.3, 0.4) is 0 Å². The fourth-order valence-electron chi connectivity index (χ4n) is 10.7. The summed E-state index contributed by atoms with van der Waals surface area (Å²) in [6, 6.07) is 3.30. The summed E-state index contributed by atoms with van der Waals surface area (Å²) < 4.78 is 154. The summed E-state index contributed by atoms with van der Waals surface area (Å²) in [5.74, 6) is -2.20. The average molecular weight is 1430 g/mol. The summed E-state index contributed by atoms with van der Waals surface area (Å²) >= 11 is 15.0.